The predicted octanol–water partition coefficient (Wildman–Crippen LogP) is 11.9. The van der Waals surface area contributed by atoms with Gasteiger partial charge < -0.3 is 29.6 Å². The lowest BCUT2D eigenvalue weighted by atomic mass is 10.0. The van der Waals surface area contributed by atoms with Crippen LogP contribution in [-0.2, 0) is 32.7 Å². The van der Waals surface area contributed by atoms with Crippen LogP contribution < -0.4 is 11.0 Å². The molecule has 4 N–H and O–H groups in total. The Kier molecular flexibility index (Phi) is 38.7. The summed E-state index contributed by atoms with van der Waals surface area (Å²) in [5.41, 5.74) is 0. The summed E-state index contributed by atoms with van der Waals surface area (Å²) in [6, 6.07) is 0. The minimum absolute atomic E-state index is 0. The molecule has 0 bridgehead atoms. The number of allylic oxidation sites excluding steroid dienone is 2. The molecule has 292 valence electrons. The van der Waals surface area contributed by atoms with Gasteiger partial charge in [0.05, 0.1) is 13.2 Å². The number of rotatable bonds is 37. The highest BCUT2D eigenvalue weighted by atomic mass is 31.2. The number of carbonyl (C=O) groups is 2. The number of esters is 2. The Bertz CT molecular complexity index is 810. The number of phosphoric acid groups is 1. The molecule has 49 heavy (non-hydrogen) atoms. The van der Waals surface area contributed by atoms with Crippen LogP contribution in [0.4, 0.5) is 0 Å². The van der Waals surface area contributed by atoms with Crippen molar-refractivity contribution in [1.29, 1.82) is 0 Å². The first-order valence-corrected chi connectivity index (χ1v) is 21.4. The molecule has 0 saturated heterocycles. The first-order chi connectivity index (χ1) is 23.3. The van der Waals surface area contributed by atoms with Crippen molar-refractivity contribution in [2.24, 2.45) is 0 Å². The summed E-state index contributed by atoms with van der Waals surface area (Å²) in [5.74, 6) is -0.836. The zero-order valence-corrected chi connectivity index (χ0v) is 33.3. The van der Waals surface area contributed by atoms with E-state index in [4.69, 9.17) is 14.0 Å². The Morgan fingerprint density at radius 2 is 0.939 bits per heavy atom. The molecule has 0 amide bonds. The molecule has 0 aromatic carbocycles. The number of carbonyl (C=O) groups excluding carboxylic acids is 2. The largest absolute Gasteiger partial charge is 0.756 e. The van der Waals surface area contributed by atoms with Crippen LogP contribution in [0.3, 0.4) is 0 Å². The van der Waals surface area contributed by atoms with E-state index < -0.39 is 26.5 Å². The van der Waals surface area contributed by atoms with E-state index >= 15 is 0 Å². The second kappa shape index (κ2) is 38.0. The third-order valence-corrected chi connectivity index (χ3v) is 9.60. The van der Waals surface area contributed by atoms with Crippen molar-refractivity contribution in [3.05, 3.63) is 12.2 Å². The summed E-state index contributed by atoms with van der Waals surface area (Å²) in [4.78, 5) is 36.7. The monoisotopic (exact) mass is 720 g/mol. The standard InChI is InChI=1S/C39H75O8P.H3N/c1-4-7-9-11-13-15-17-19-20-22-24-26-28-30-32-34-39(41)47-37(36-46-48(42,43)45-6-3)35-44-38(40)33-31-29-27-25-23-21-18-16-14-12-10-8-5-2;/h19-20,37H,4-18,21-36H2,1-3H3,(H,42,43);1H3/b20-19-;/t37-;/m1./s1. The highest BCUT2D eigenvalue weighted by molar-refractivity contribution is 7.45. The van der Waals surface area contributed by atoms with Crippen LogP contribution in [0.15, 0.2) is 12.2 Å². The average Bonchev–Trinajstić information content (AvgIpc) is 3.06. The molecule has 0 aliphatic carbocycles. The van der Waals surface area contributed by atoms with Crippen molar-refractivity contribution in [1.82, 2.24) is 6.15 Å². The van der Waals surface area contributed by atoms with Crippen LogP contribution in [0.2, 0.25) is 0 Å². The van der Waals surface area contributed by atoms with Crippen LogP contribution in [-0.4, -0.2) is 37.9 Å². The van der Waals surface area contributed by atoms with E-state index in [-0.39, 0.29) is 38.2 Å². The van der Waals surface area contributed by atoms with Gasteiger partial charge in [-0.3, -0.25) is 14.2 Å². The summed E-state index contributed by atoms with van der Waals surface area (Å²) in [6.45, 7) is 5.27. The van der Waals surface area contributed by atoms with Gasteiger partial charge in [-0.15, -0.1) is 0 Å². The first kappa shape index (κ1) is 49.9. The fourth-order valence-corrected chi connectivity index (χ4v) is 6.36. The normalized spacial score (nSPS) is 13.2. The van der Waals surface area contributed by atoms with Gasteiger partial charge >= 0.3 is 11.9 Å². The maximum atomic E-state index is 12.5. The smallest absolute Gasteiger partial charge is 0.306 e. The molecular formula is C39H78NO8P. The van der Waals surface area contributed by atoms with Gasteiger partial charge in [-0.25, -0.2) is 0 Å². The van der Waals surface area contributed by atoms with Crippen LogP contribution in [0.1, 0.15) is 201 Å². The van der Waals surface area contributed by atoms with Gasteiger partial charge in [0.2, 0.25) is 0 Å². The quantitative estimate of drug-likeness (QED) is 0.0289. The number of ether oxygens (including phenoxy) is 2. The summed E-state index contributed by atoms with van der Waals surface area (Å²) in [6.07, 6.45) is 35.2. The maximum absolute atomic E-state index is 12.5. The second-order valence-electron chi connectivity index (χ2n) is 13.3. The van der Waals surface area contributed by atoms with Crippen molar-refractivity contribution < 1.29 is 37.6 Å². The Balaban J connectivity index is 0. The number of phosphoric ester groups is 1. The van der Waals surface area contributed by atoms with E-state index in [9.17, 15) is 19.0 Å². The second-order valence-corrected chi connectivity index (χ2v) is 14.7. The lowest BCUT2D eigenvalue weighted by molar-refractivity contribution is -0.228. The molecule has 0 aromatic heterocycles. The van der Waals surface area contributed by atoms with Crippen molar-refractivity contribution in [2.45, 2.75) is 207 Å². The minimum Gasteiger partial charge on any atom is -0.756 e. The molecule has 0 spiro atoms. The van der Waals surface area contributed by atoms with Gasteiger partial charge in [0, 0.05) is 12.8 Å². The van der Waals surface area contributed by atoms with E-state index in [0.717, 1.165) is 51.4 Å². The molecule has 0 aromatic rings. The van der Waals surface area contributed by atoms with E-state index in [2.05, 4.69) is 30.5 Å². The van der Waals surface area contributed by atoms with Crippen molar-refractivity contribution in [3.63, 3.8) is 0 Å². The molecule has 1 unspecified atom stereocenters. The molecule has 0 heterocycles. The fraction of sp³-hybridized carbons (Fsp3) is 0.897. The molecule has 0 rings (SSSR count). The zero-order chi connectivity index (χ0) is 35.4. The third-order valence-electron chi connectivity index (χ3n) is 8.56. The number of unbranched alkanes of at least 4 members (excludes halogenated alkanes) is 23. The molecule has 9 nitrogen and oxygen atoms in total. The molecule has 10 heteroatoms. The zero-order valence-electron chi connectivity index (χ0n) is 32.4. The highest BCUT2D eigenvalue weighted by Gasteiger charge is 2.20. The highest BCUT2D eigenvalue weighted by Crippen LogP contribution is 2.38. The van der Waals surface area contributed by atoms with Gasteiger partial charge in [0.25, 0.3) is 7.82 Å². The molecular weight excluding hydrogens is 641 g/mol. The van der Waals surface area contributed by atoms with Gasteiger partial charge in [0.15, 0.2) is 6.10 Å². The van der Waals surface area contributed by atoms with Crippen LogP contribution >= 0.6 is 7.82 Å². The van der Waals surface area contributed by atoms with Gasteiger partial charge in [0.1, 0.15) is 6.61 Å². The van der Waals surface area contributed by atoms with E-state index in [0.29, 0.717) is 6.42 Å². The van der Waals surface area contributed by atoms with E-state index in [1.807, 2.05) is 0 Å². The fourth-order valence-electron chi connectivity index (χ4n) is 5.62. The lowest BCUT2D eigenvalue weighted by Crippen LogP contribution is -2.30. The summed E-state index contributed by atoms with van der Waals surface area (Å²) in [7, 11) is -4.52. The maximum Gasteiger partial charge on any atom is 0.306 e. The van der Waals surface area contributed by atoms with E-state index in [1.54, 1.807) is 0 Å². The Labute approximate surface area is 301 Å². The minimum atomic E-state index is -4.52. The lowest BCUT2D eigenvalue weighted by Gasteiger charge is -2.25. The van der Waals surface area contributed by atoms with Gasteiger partial charge in [-0.05, 0) is 45.4 Å². The molecule has 0 aliphatic rings. The van der Waals surface area contributed by atoms with Crippen LogP contribution in [0, 0.1) is 0 Å². The summed E-state index contributed by atoms with van der Waals surface area (Å²) < 4.78 is 32.2. The predicted molar refractivity (Wildman–Crippen MR) is 202 cm³/mol. The molecule has 0 radical (unpaired) electrons. The van der Waals surface area contributed by atoms with Gasteiger partial charge in [-0.1, -0.05) is 154 Å². The van der Waals surface area contributed by atoms with Crippen LogP contribution in [0.25, 0.3) is 0 Å². The summed E-state index contributed by atoms with van der Waals surface area (Å²) >= 11 is 0. The first-order valence-electron chi connectivity index (χ1n) is 19.9. The molecule has 0 aliphatic heterocycles. The molecule has 2 atom stereocenters. The van der Waals surface area contributed by atoms with Crippen molar-refractivity contribution >= 4 is 19.8 Å². The topological polar surface area (TPSA) is 148 Å². The number of hydrogen-bond acceptors (Lipinski definition) is 8. The third kappa shape index (κ3) is 37.8. The Morgan fingerprint density at radius 3 is 1.37 bits per heavy atom. The van der Waals surface area contributed by atoms with E-state index in [1.165, 1.54) is 116 Å². The SMILES string of the molecule is CCCCCCCC/C=C\CCCCCCCC(=O)O[C@H](COC(=O)CCCCCCCCCCCCCCC)COP(=O)([O-])OCC.[NH4+]. The van der Waals surface area contributed by atoms with Crippen LogP contribution in [0.5, 0.6) is 0 Å². The molecule has 0 saturated carbocycles. The Morgan fingerprint density at radius 1 is 0.551 bits per heavy atom. The van der Waals surface area contributed by atoms with Gasteiger partial charge in [-0.2, -0.15) is 0 Å². The average molecular weight is 720 g/mol. The van der Waals surface area contributed by atoms with Crippen molar-refractivity contribution in [2.75, 3.05) is 19.8 Å². The summed E-state index contributed by atoms with van der Waals surface area (Å²) in [5, 5.41) is 0. The van der Waals surface area contributed by atoms with Crippen molar-refractivity contribution in [3.8, 4) is 0 Å². The number of hydrogen-bond donors (Lipinski definition) is 1. The number of quaternary nitrogens is 1. The molecule has 0 fully saturated rings. The Hall–Kier alpha value is -1.25.